The highest BCUT2D eigenvalue weighted by molar-refractivity contribution is 5.91. The first-order valence-electron chi connectivity index (χ1n) is 8.39. The number of amides is 3. The summed E-state index contributed by atoms with van der Waals surface area (Å²) in [5.74, 6) is -0.0479. The van der Waals surface area contributed by atoms with E-state index in [0.29, 0.717) is 6.54 Å². The van der Waals surface area contributed by atoms with E-state index >= 15 is 0 Å². The second-order valence-electron chi connectivity index (χ2n) is 6.76. The lowest BCUT2D eigenvalue weighted by atomic mass is 10.1. The highest BCUT2D eigenvalue weighted by Gasteiger charge is 2.24. The van der Waals surface area contributed by atoms with Gasteiger partial charge in [0.05, 0.1) is 0 Å². The number of rotatable bonds is 3. The molecule has 0 saturated carbocycles. The summed E-state index contributed by atoms with van der Waals surface area (Å²) < 4.78 is 0. The zero-order chi connectivity index (χ0) is 17.9. The van der Waals surface area contributed by atoms with Gasteiger partial charge in [0.1, 0.15) is 0 Å². The van der Waals surface area contributed by atoms with E-state index in [1.165, 1.54) is 6.92 Å². The first-order valence-corrected chi connectivity index (χ1v) is 8.39. The van der Waals surface area contributed by atoms with Crippen LogP contribution in [0.15, 0.2) is 12.1 Å². The van der Waals surface area contributed by atoms with Crippen molar-refractivity contribution in [1.29, 1.82) is 0 Å². The standard InChI is InChI=1S/C18H28N4O2/c1-12-9-16(21(4)5)10-13(2)17(12)20-18(24)22-8-6-7-15(11-22)19-14(3)23/h9-10,15H,6-8,11H2,1-5H3,(H,19,23)(H,20,24)/t15-/m0/s1. The molecule has 6 nitrogen and oxygen atoms in total. The molecular formula is C18H28N4O2. The molecule has 1 fully saturated rings. The molecule has 0 unspecified atom stereocenters. The van der Waals surface area contributed by atoms with Crippen LogP contribution in [-0.4, -0.2) is 50.1 Å². The molecule has 1 heterocycles. The molecule has 2 rings (SSSR count). The largest absolute Gasteiger partial charge is 0.378 e. The fraction of sp³-hybridized carbons (Fsp3) is 0.556. The van der Waals surface area contributed by atoms with Gasteiger partial charge in [0.15, 0.2) is 0 Å². The molecular weight excluding hydrogens is 304 g/mol. The molecule has 1 aromatic carbocycles. The van der Waals surface area contributed by atoms with Gasteiger partial charge in [-0.25, -0.2) is 4.79 Å². The van der Waals surface area contributed by atoms with Crippen LogP contribution in [0.25, 0.3) is 0 Å². The Morgan fingerprint density at radius 1 is 1.21 bits per heavy atom. The van der Waals surface area contributed by atoms with Gasteiger partial charge in [0, 0.05) is 51.5 Å². The van der Waals surface area contributed by atoms with E-state index in [1.807, 2.05) is 32.8 Å². The predicted molar refractivity (Wildman–Crippen MR) is 97.7 cm³/mol. The van der Waals surface area contributed by atoms with Crippen LogP contribution in [-0.2, 0) is 4.79 Å². The lowest BCUT2D eigenvalue weighted by Crippen LogP contribution is -2.50. The molecule has 0 spiro atoms. The Labute approximate surface area is 144 Å². The zero-order valence-corrected chi connectivity index (χ0v) is 15.3. The van der Waals surface area contributed by atoms with Crippen molar-refractivity contribution in [2.24, 2.45) is 0 Å². The highest BCUT2D eigenvalue weighted by atomic mass is 16.2. The molecule has 24 heavy (non-hydrogen) atoms. The van der Waals surface area contributed by atoms with E-state index < -0.39 is 0 Å². The summed E-state index contributed by atoms with van der Waals surface area (Å²) in [5, 5.41) is 5.95. The summed E-state index contributed by atoms with van der Waals surface area (Å²) >= 11 is 0. The highest BCUT2D eigenvalue weighted by Crippen LogP contribution is 2.26. The van der Waals surface area contributed by atoms with Gasteiger partial charge in [-0.2, -0.15) is 0 Å². The number of hydrogen-bond donors (Lipinski definition) is 2. The molecule has 0 aromatic heterocycles. The number of urea groups is 1. The van der Waals surface area contributed by atoms with Crippen LogP contribution in [0.4, 0.5) is 16.2 Å². The minimum absolute atomic E-state index is 0.0420. The van der Waals surface area contributed by atoms with Crippen LogP contribution in [0.2, 0.25) is 0 Å². The molecule has 1 aromatic rings. The van der Waals surface area contributed by atoms with Crippen molar-refractivity contribution < 1.29 is 9.59 Å². The summed E-state index contributed by atoms with van der Waals surface area (Å²) in [4.78, 5) is 27.7. The van der Waals surface area contributed by atoms with E-state index in [4.69, 9.17) is 0 Å². The third-order valence-corrected chi connectivity index (χ3v) is 4.38. The monoisotopic (exact) mass is 332 g/mol. The van der Waals surface area contributed by atoms with Crippen molar-refractivity contribution in [3.05, 3.63) is 23.3 Å². The topological polar surface area (TPSA) is 64.7 Å². The third kappa shape index (κ3) is 4.40. The minimum Gasteiger partial charge on any atom is -0.378 e. The van der Waals surface area contributed by atoms with Crippen molar-refractivity contribution >= 4 is 23.3 Å². The fourth-order valence-corrected chi connectivity index (χ4v) is 3.15. The maximum absolute atomic E-state index is 12.6. The summed E-state index contributed by atoms with van der Waals surface area (Å²) in [5.41, 5.74) is 4.07. The van der Waals surface area contributed by atoms with Crippen molar-refractivity contribution in [3.8, 4) is 0 Å². The molecule has 1 aliphatic heterocycles. The Balaban J connectivity index is 2.08. The Morgan fingerprint density at radius 2 is 1.83 bits per heavy atom. The number of carbonyl (C=O) groups is 2. The van der Waals surface area contributed by atoms with E-state index in [1.54, 1.807) is 4.90 Å². The second-order valence-corrected chi connectivity index (χ2v) is 6.76. The third-order valence-electron chi connectivity index (χ3n) is 4.38. The summed E-state index contributed by atoms with van der Waals surface area (Å²) in [6, 6.07) is 4.08. The number of anilines is 2. The molecule has 1 atom stereocenters. The van der Waals surface area contributed by atoms with E-state index in [0.717, 1.165) is 41.9 Å². The molecule has 1 saturated heterocycles. The van der Waals surface area contributed by atoms with Gasteiger partial charge in [-0.05, 0) is 49.9 Å². The summed E-state index contributed by atoms with van der Waals surface area (Å²) in [6.45, 7) is 6.80. The second kappa shape index (κ2) is 7.55. The Hall–Kier alpha value is -2.24. The van der Waals surface area contributed by atoms with Gasteiger partial charge in [0.2, 0.25) is 5.91 Å². The molecule has 132 valence electrons. The Morgan fingerprint density at radius 3 is 2.38 bits per heavy atom. The van der Waals surface area contributed by atoms with Gasteiger partial charge in [-0.15, -0.1) is 0 Å². The van der Waals surface area contributed by atoms with E-state index in [-0.39, 0.29) is 18.0 Å². The number of carbonyl (C=O) groups excluding carboxylic acids is 2. The molecule has 1 aliphatic rings. The van der Waals surface area contributed by atoms with Gasteiger partial charge < -0.3 is 20.4 Å². The molecule has 3 amide bonds. The van der Waals surface area contributed by atoms with Crippen molar-refractivity contribution in [3.63, 3.8) is 0 Å². The molecule has 0 bridgehead atoms. The van der Waals surface area contributed by atoms with Gasteiger partial charge in [0.25, 0.3) is 0 Å². The normalized spacial score (nSPS) is 17.4. The molecule has 2 N–H and O–H groups in total. The number of hydrogen-bond acceptors (Lipinski definition) is 3. The fourth-order valence-electron chi connectivity index (χ4n) is 3.15. The Bertz CT molecular complexity index is 604. The number of benzene rings is 1. The van der Waals surface area contributed by atoms with Crippen LogP contribution in [0.1, 0.15) is 30.9 Å². The van der Waals surface area contributed by atoms with Crippen molar-refractivity contribution in [2.75, 3.05) is 37.4 Å². The van der Waals surface area contributed by atoms with E-state index in [9.17, 15) is 9.59 Å². The molecule has 6 heteroatoms. The first-order chi connectivity index (χ1) is 11.3. The number of likely N-dealkylation sites (tertiary alicyclic amines) is 1. The maximum Gasteiger partial charge on any atom is 0.321 e. The minimum atomic E-state index is -0.103. The van der Waals surface area contributed by atoms with Gasteiger partial charge >= 0.3 is 6.03 Å². The van der Waals surface area contributed by atoms with Crippen molar-refractivity contribution in [1.82, 2.24) is 10.2 Å². The summed E-state index contributed by atoms with van der Waals surface area (Å²) in [7, 11) is 4.00. The number of nitrogens with zero attached hydrogens (tertiary/aromatic N) is 2. The lowest BCUT2D eigenvalue weighted by molar-refractivity contribution is -0.119. The van der Waals surface area contributed by atoms with Crippen LogP contribution < -0.4 is 15.5 Å². The van der Waals surface area contributed by atoms with Crippen LogP contribution in [0, 0.1) is 13.8 Å². The summed E-state index contributed by atoms with van der Waals surface area (Å²) in [6.07, 6.45) is 1.81. The number of nitrogens with one attached hydrogen (secondary N) is 2. The van der Waals surface area contributed by atoms with Gasteiger partial charge in [-0.1, -0.05) is 0 Å². The first kappa shape index (κ1) is 18.1. The average Bonchev–Trinajstić information content (AvgIpc) is 2.50. The van der Waals surface area contributed by atoms with Crippen LogP contribution in [0.5, 0.6) is 0 Å². The SMILES string of the molecule is CC(=O)N[C@H]1CCCN(C(=O)Nc2c(C)cc(N(C)C)cc2C)C1. The average molecular weight is 332 g/mol. The smallest absolute Gasteiger partial charge is 0.321 e. The number of piperidine rings is 1. The van der Waals surface area contributed by atoms with Crippen LogP contribution >= 0.6 is 0 Å². The quantitative estimate of drug-likeness (QED) is 0.894. The molecule has 0 radical (unpaired) electrons. The lowest BCUT2D eigenvalue weighted by Gasteiger charge is -2.33. The Kier molecular flexibility index (Phi) is 5.70. The van der Waals surface area contributed by atoms with E-state index in [2.05, 4.69) is 22.8 Å². The maximum atomic E-state index is 12.6. The predicted octanol–water partition coefficient (Wildman–Crippen LogP) is 2.50. The van der Waals surface area contributed by atoms with Crippen LogP contribution in [0.3, 0.4) is 0 Å². The molecule has 0 aliphatic carbocycles. The van der Waals surface area contributed by atoms with Crippen molar-refractivity contribution in [2.45, 2.75) is 39.7 Å². The zero-order valence-electron chi connectivity index (χ0n) is 15.3. The van der Waals surface area contributed by atoms with Gasteiger partial charge in [-0.3, -0.25) is 4.79 Å². The number of aryl methyl sites for hydroxylation is 2.